The number of halogens is 2. The average Bonchev–Trinajstić information content (AvgIpc) is 2.47. The number of nitrogens with one attached hydrogen (secondary N) is 1. The van der Waals surface area contributed by atoms with Crippen LogP contribution in [0.3, 0.4) is 0 Å². The van der Waals surface area contributed by atoms with Gasteiger partial charge in [0.15, 0.2) is 0 Å². The fourth-order valence-electron chi connectivity index (χ4n) is 2.21. The highest BCUT2D eigenvalue weighted by Gasteiger charge is 2.09. The fourth-order valence-corrected chi connectivity index (χ4v) is 2.21. The highest BCUT2D eigenvalue weighted by atomic mass is 19.1. The van der Waals surface area contributed by atoms with Gasteiger partial charge in [0.05, 0.1) is 5.69 Å². The number of nitrogen functional groups attached to an aromatic ring is 1. The van der Waals surface area contributed by atoms with Crippen LogP contribution in [0.25, 0.3) is 10.8 Å². The Balaban J connectivity index is 2.13. The number of hydrogen-bond donors (Lipinski definition) is 2. The molecule has 0 aliphatic rings. The molecule has 0 spiro atoms. The molecule has 1 aromatic heterocycles. The zero-order valence-electron chi connectivity index (χ0n) is 11.3. The molecule has 0 aliphatic carbocycles. The summed E-state index contributed by atoms with van der Waals surface area (Å²) in [7, 11) is 0. The number of aryl methyl sites for hydroxylation is 1. The first-order valence-corrected chi connectivity index (χ1v) is 6.42. The Hall–Kier alpha value is -2.69. The van der Waals surface area contributed by atoms with Crippen LogP contribution in [-0.4, -0.2) is 4.98 Å². The van der Waals surface area contributed by atoms with Gasteiger partial charge in [0.2, 0.25) is 0 Å². The van der Waals surface area contributed by atoms with Gasteiger partial charge >= 0.3 is 0 Å². The second-order valence-corrected chi connectivity index (χ2v) is 4.80. The van der Waals surface area contributed by atoms with Gasteiger partial charge in [0.1, 0.15) is 17.5 Å². The van der Waals surface area contributed by atoms with E-state index in [1.807, 2.05) is 19.1 Å². The zero-order valence-corrected chi connectivity index (χ0v) is 11.3. The average molecular weight is 285 g/mol. The Morgan fingerprint density at radius 2 is 1.86 bits per heavy atom. The largest absolute Gasteiger partial charge is 0.398 e. The summed E-state index contributed by atoms with van der Waals surface area (Å²) < 4.78 is 27.0. The smallest absolute Gasteiger partial charge is 0.146 e. The van der Waals surface area contributed by atoms with Crippen molar-refractivity contribution >= 4 is 28.0 Å². The van der Waals surface area contributed by atoms with Crippen molar-refractivity contribution in [3.05, 3.63) is 59.8 Å². The van der Waals surface area contributed by atoms with Crippen molar-refractivity contribution in [2.45, 2.75) is 6.92 Å². The summed E-state index contributed by atoms with van der Waals surface area (Å²) in [6.07, 6.45) is 1.58. The minimum absolute atomic E-state index is 0.0362. The molecule has 0 saturated carbocycles. The predicted molar refractivity (Wildman–Crippen MR) is 80.5 cm³/mol. The van der Waals surface area contributed by atoms with Crippen LogP contribution >= 0.6 is 0 Å². The molecule has 3 nitrogen and oxygen atoms in total. The van der Waals surface area contributed by atoms with Crippen LogP contribution in [0.2, 0.25) is 0 Å². The molecule has 0 aliphatic heterocycles. The van der Waals surface area contributed by atoms with E-state index in [2.05, 4.69) is 10.3 Å². The van der Waals surface area contributed by atoms with E-state index < -0.39 is 11.6 Å². The Morgan fingerprint density at radius 1 is 1.05 bits per heavy atom. The summed E-state index contributed by atoms with van der Waals surface area (Å²) in [6.45, 7) is 1.91. The van der Waals surface area contributed by atoms with E-state index in [-0.39, 0.29) is 5.69 Å². The molecule has 0 saturated heterocycles. The highest BCUT2D eigenvalue weighted by Crippen LogP contribution is 2.30. The van der Waals surface area contributed by atoms with Crippen LogP contribution in [0, 0.1) is 18.6 Å². The van der Waals surface area contributed by atoms with Crippen molar-refractivity contribution in [3.63, 3.8) is 0 Å². The van der Waals surface area contributed by atoms with E-state index in [1.54, 1.807) is 12.3 Å². The Morgan fingerprint density at radius 3 is 2.67 bits per heavy atom. The first-order valence-electron chi connectivity index (χ1n) is 6.42. The number of rotatable bonds is 2. The van der Waals surface area contributed by atoms with Gasteiger partial charge in [-0.1, -0.05) is 12.1 Å². The summed E-state index contributed by atoms with van der Waals surface area (Å²) in [5.41, 5.74) is 7.69. The number of hydrogen-bond acceptors (Lipinski definition) is 3. The minimum Gasteiger partial charge on any atom is -0.398 e. The van der Waals surface area contributed by atoms with Gasteiger partial charge in [-0.2, -0.15) is 0 Å². The van der Waals surface area contributed by atoms with E-state index in [4.69, 9.17) is 5.73 Å². The molecule has 106 valence electrons. The van der Waals surface area contributed by atoms with Gasteiger partial charge in [-0.25, -0.2) is 13.8 Å². The molecule has 2 aromatic carbocycles. The highest BCUT2D eigenvalue weighted by molar-refractivity contribution is 6.01. The molecule has 0 atom stereocenters. The van der Waals surface area contributed by atoms with Crippen LogP contribution < -0.4 is 11.1 Å². The number of nitrogens with two attached hydrogens (primary N) is 1. The molecule has 5 heteroatoms. The SMILES string of the molecule is Cc1ccc2c(Nc3cc(F)ccc3F)nccc2c1N. The van der Waals surface area contributed by atoms with E-state index >= 15 is 0 Å². The topological polar surface area (TPSA) is 50.9 Å². The zero-order chi connectivity index (χ0) is 15.0. The minimum atomic E-state index is -0.546. The Kier molecular flexibility index (Phi) is 3.17. The van der Waals surface area contributed by atoms with Gasteiger partial charge in [-0.3, -0.25) is 0 Å². The maximum atomic E-state index is 13.7. The van der Waals surface area contributed by atoms with Crippen LogP contribution in [0.15, 0.2) is 42.6 Å². The van der Waals surface area contributed by atoms with Gasteiger partial charge in [0.25, 0.3) is 0 Å². The summed E-state index contributed by atoms with van der Waals surface area (Å²) in [5, 5.41) is 4.40. The van der Waals surface area contributed by atoms with E-state index in [9.17, 15) is 8.78 Å². The van der Waals surface area contributed by atoms with Crippen molar-refractivity contribution in [2.24, 2.45) is 0 Å². The molecular weight excluding hydrogens is 272 g/mol. The predicted octanol–water partition coefficient (Wildman–Crippen LogP) is 4.15. The van der Waals surface area contributed by atoms with Crippen LogP contribution in [-0.2, 0) is 0 Å². The third-order valence-corrected chi connectivity index (χ3v) is 3.39. The van der Waals surface area contributed by atoms with Gasteiger partial charge < -0.3 is 11.1 Å². The van der Waals surface area contributed by atoms with Crippen molar-refractivity contribution in [1.82, 2.24) is 4.98 Å². The second kappa shape index (κ2) is 5.01. The molecular formula is C16H13F2N3. The molecule has 3 aromatic rings. The normalized spacial score (nSPS) is 10.8. The van der Waals surface area contributed by atoms with E-state index in [0.717, 1.165) is 34.5 Å². The maximum absolute atomic E-state index is 13.7. The first-order chi connectivity index (χ1) is 10.1. The maximum Gasteiger partial charge on any atom is 0.146 e. The number of benzene rings is 2. The number of fused-ring (bicyclic) bond motifs is 1. The first kappa shape index (κ1) is 13.3. The van der Waals surface area contributed by atoms with Crippen molar-refractivity contribution in [3.8, 4) is 0 Å². The lowest BCUT2D eigenvalue weighted by molar-refractivity contribution is 0.603. The van der Waals surface area contributed by atoms with Gasteiger partial charge in [-0.15, -0.1) is 0 Å². The Labute approximate surface area is 120 Å². The molecule has 0 fully saturated rings. The van der Waals surface area contributed by atoms with E-state index in [0.29, 0.717) is 11.5 Å². The third kappa shape index (κ3) is 2.38. The molecule has 1 heterocycles. The number of pyridine rings is 1. The summed E-state index contributed by atoms with van der Waals surface area (Å²) in [5.74, 6) is -0.631. The lowest BCUT2D eigenvalue weighted by Crippen LogP contribution is -1.99. The van der Waals surface area contributed by atoms with Crippen LogP contribution in [0.1, 0.15) is 5.56 Å². The molecule has 21 heavy (non-hydrogen) atoms. The second-order valence-electron chi connectivity index (χ2n) is 4.80. The molecule has 0 radical (unpaired) electrons. The number of nitrogens with zero attached hydrogens (tertiary/aromatic N) is 1. The summed E-state index contributed by atoms with van der Waals surface area (Å²) >= 11 is 0. The molecule has 0 amide bonds. The third-order valence-electron chi connectivity index (χ3n) is 3.39. The van der Waals surface area contributed by atoms with Crippen molar-refractivity contribution in [1.29, 1.82) is 0 Å². The lowest BCUT2D eigenvalue weighted by atomic mass is 10.1. The van der Waals surface area contributed by atoms with Crippen molar-refractivity contribution in [2.75, 3.05) is 11.1 Å². The van der Waals surface area contributed by atoms with Crippen LogP contribution in [0.5, 0.6) is 0 Å². The summed E-state index contributed by atoms with van der Waals surface area (Å²) in [6, 6.07) is 8.75. The van der Waals surface area contributed by atoms with Crippen molar-refractivity contribution < 1.29 is 8.78 Å². The quantitative estimate of drug-likeness (QED) is 0.695. The molecule has 3 rings (SSSR count). The fraction of sp³-hybridized carbons (Fsp3) is 0.0625. The molecule has 0 bridgehead atoms. The monoisotopic (exact) mass is 285 g/mol. The number of aromatic nitrogens is 1. The summed E-state index contributed by atoms with van der Waals surface area (Å²) in [4.78, 5) is 4.19. The van der Waals surface area contributed by atoms with Gasteiger partial charge in [-0.05, 0) is 30.7 Å². The van der Waals surface area contributed by atoms with Gasteiger partial charge in [0, 0.05) is 28.7 Å². The molecule has 0 unspecified atom stereocenters. The van der Waals surface area contributed by atoms with E-state index in [1.165, 1.54) is 0 Å². The lowest BCUT2D eigenvalue weighted by Gasteiger charge is -2.12. The number of anilines is 3. The molecule has 3 N–H and O–H groups in total. The van der Waals surface area contributed by atoms with Crippen LogP contribution in [0.4, 0.5) is 26.0 Å². The Bertz CT molecular complexity index is 831. The standard InChI is InChI=1S/C16H13F2N3/c1-9-2-4-12-11(15(9)19)6-7-20-16(12)21-14-8-10(17)3-5-13(14)18/h2-8H,19H2,1H3,(H,20,21).